The smallest absolute Gasteiger partial charge is 0.311 e. The van der Waals surface area contributed by atoms with Crippen molar-refractivity contribution < 1.29 is 23.5 Å². The van der Waals surface area contributed by atoms with E-state index in [0.717, 1.165) is 18.2 Å². The highest BCUT2D eigenvalue weighted by Gasteiger charge is 2.17. The average molecular weight is 281 g/mol. The van der Waals surface area contributed by atoms with Crippen LogP contribution in [0.2, 0.25) is 0 Å². The molecule has 1 N–H and O–H groups in total. The van der Waals surface area contributed by atoms with Gasteiger partial charge in [-0.15, -0.1) is 0 Å². The van der Waals surface area contributed by atoms with E-state index in [1.807, 2.05) is 0 Å². The first-order chi connectivity index (χ1) is 9.49. The van der Waals surface area contributed by atoms with Crippen molar-refractivity contribution in [3.8, 4) is 11.5 Å². The fourth-order valence-corrected chi connectivity index (χ4v) is 1.60. The Balaban J connectivity index is 2.39. The van der Waals surface area contributed by atoms with E-state index in [0.29, 0.717) is 11.6 Å². The number of halogens is 2. The maximum Gasteiger partial charge on any atom is 0.311 e. The SMILES string of the molecule is O=[N+]([O-])c1cc(CO)ccc1Oc1cc(F)cc(F)c1. The van der Waals surface area contributed by atoms with E-state index < -0.39 is 22.2 Å². The summed E-state index contributed by atoms with van der Waals surface area (Å²) in [5.41, 5.74) is -0.0734. The first-order valence-corrected chi connectivity index (χ1v) is 5.51. The number of hydrogen-bond acceptors (Lipinski definition) is 4. The molecule has 2 aromatic rings. The van der Waals surface area contributed by atoms with E-state index in [9.17, 15) is 18.9 Å². The van der Waals surface area contributed by atoms with E-state index in [1.54, 1.807) is 0 Å². The van der Waals surface area contributed by atoms with E-state index in [1.165, 1.54) is 12.1 Å². The van der Waals surface area contributed by atoms with Crippen molar-refractivity contribution in [3.05, 3.63) is 63.7 Å². The Kier molecular flexibility index (Phi) is 3.90. The number of benzene rings is 2. The van der Waals surface area contributed by atoms with Gasteiger partial charge in [0, 0.05) is 24.3 Å². The maximum atomic E-state index is 13.0. The molecule has 7 heteroatoms. The van der Waals surface area contributed by atoms with Crippen molar-refractivity contribution in [2.45, 2.75) is 6.61 Å². The van der Waals surface area contributed by atoms with Crippen LogP contribution < -0.4 is 4.74 Å². The lowest BCUT2D eigenvalue weighted by molar-refractivity contribution is -0.385. The van der Waals surface area contributed by atoms with Gasteiger partial charge in [0.2, 0.25) is 5.75 Å². The third-order valence-electron chi connectivity index (χ3n) is 2.47. The minimum absolute atomic E-state index is 0.169. The maximum absolute atomic E-state index is 13.0. The van der Waals surface area contributed by atoms with Crippen LogP contribution in [-0.4, -0.2) is 10.0 Å². The van der Waals surface area contributed by atoms with Crippen LogP contribution in [0, 0.1) is 21.7 Å². The van der Waals surface area contributed by atoms with Crippen molar-refractivity contribution in [1.82, 2.24) is 0 Å². The molecule has 0 atom stereocenters. The zero-order valence-electron chi connectivity index (χ0n) is 10.0. The quantitative estimate of drug-likeness (QED) is 0.690. The molecule has 0 amide bonds. The molecule has 0 heterocycles. The summed E-state index contributed by atoms with van der Waals surface area (Å²) in [6, 6.07) is 6.28. The number of nitro groups is 1. The molecule has 0 unspecified atom stereocenters. The molecule has 20 heavy (non-hydrogen) atoms. The highest BCUT2D eigenvalue weighted by molar-refractivity contribution is 5.50. The molecule has 0 aliphatic heterocycles. The van der Waals surface area contributed by atoms with Gasteiger partial charge in [0.1, 0.15) is 17.4 Å². The van der Waals surface area contributed by atoms with Gasteiger partial charge in [-0.2, -0.15) is 0 Å². The van der Waals surface area contributed by atoms with Crippen molar-refractivity contribution in [3.63, 3.8) is 0 Å². The summed E-state index contributed by atoms with van der Waals surface area (Å²) in [6.07, 6.45) is 0. The molecule has 5 nitrogen and oxygen atoms in total. The molecule has 0 radical (unpaired) electrons. The second-order valence-corrected chi connectivity index (χ2v) is 3.92. The molecule has 0 saturated carbocycles. The lowest BCUT2D eigenvalue weighted by Gasteiger charge is -2.07. The molecule has 2 rings (SSSR count). The summed E-state index contributed by atoms with van der Waals surface area (Å²) in [5.74, 6) is -2.07. The second-order valence-electron chi connectivity index (χ2n) is 3.92. The Morgan fingerprint density at radius 1 is 1.15 bits per heavy atom. The van der Waals surface area contributed by atoms with Gasteiger partial charge < -0.3 is 9.84 Å². The van der Waals surface area contributed by atoms with Crippen LogP contribution in [-0.2, 0) is 6.61 Å². The van der Waals surface area contributed by atoms with E-state index in [-0.39, 0.29) is 18.1 Å². The fourth-order valence-electron chi connectivity index (χ4n) is 1.60. The number of aliphatic hydroxyl groups excluding tert-OH is 1. The van der Waals surface area contributed by atoms with Crippen molar-refractivity contribution in [2.75, 3.05) is 0 Å². The van der Waals surface area contributed by atoms with Gasteiger partial charge in [0.15, 0.2) is 0 Å². The molecule has 0 aliphatic carbocycles. The fraction of sp³-hybridized carbons (Fsp3) is 0.0769. The Labute approximate surface area is 112 Å². The molecular formula is C13H9F2NO4. The molecule has 0 aromatic heterocycles. The third-order valence-corrected chi connectivity index (χ3v) is 2.47. The minimum Gasteiger partial charge on any atom is -0.450 e. The van der Waals surface area contributed by atoms with Crippen LogP contribution in [0.15, 0.2) is 36.4 Å². The molecule has 2 aromatic carbocycles. The summed E-state index contributed by atoms with van der Waals surface area (Å²) in [7, 11) is 0. The number of hydrogen-bond donors (Lipinski definition) is 1. The van der Waals surface area contributed by atoms with Crippen molar-refractivity contribution in [2.24, 2.45) is 0 Å². The summed E-state index contributed by atoms with van der Waals surface area (Å²) in [6.45, 7) is -0.365. The molecule has 0 saturated heterocycles. The summed E-state index contributed by atoms with van der Waals surface area (Å²) >= 11 is 0. The Hall–Kier alpha value is -2.54. The van der Waals surface area contributed by atoms with Crippen LogP contribution >= 0.6 is 0 Å². The van der Waals surface area contributed by atoms with Crippen LogP contribution in [0.4, 0.5) is 14.5 Å². The molecule has 0 aliphatic rings. The largest absolute Gasteiger partial charge is 0.450 e. The van der Waals surface area contributed by atoms with Crippen LogP contribution in [0.5, 0.6) is 11.5 Å². The zero-order chi connectivity index (χ0) is 14.7. The topological polar surface area (TPSA) is 72.6 Å². The molecule has 0 bridgehead atoms. The molecule has 0 fully saturated rings. The average Bonchev–Trinajstić information content (AvgIpc) is 2.37. The van der Waals surface area contributed by atoms with Crippen molar-refractivity contribution in [1.29, 1.82) is 0 Å². The number of aliphatic hydroxyl groups is 1. The molecular weight excluding hydrogens is 272 g/mol. The second kappa shape index (κ2) is 5.62. The highest BCUT2D eigenvalue weighted by Crippen LogP contribution is 2.32. The lowest BCUT2D eigenvalue weighted by Crippen LogP contribution is -1.96. The number of rotatable bonds is 4. The third kappa shape index (κ3) is 3.07. The predicted molar refractivity (Wildman–Crippen MR) is 65.5 cm³/mol. The van der Waals surface area contributed by atoms with Crippen LogP contribution in [0.3, 0.4) is 0 Å². The van der Waals surface area contributed by atoms with Gasteiger partial charge in [-0.25, -0.2) is 8.78 Å². The van der Waals surface area contributed by atoms with Gasteiger partial charge in [0.05, 0.1) is 11.5 Å². The normalized spacial score (nSPS) is 10.3. The first-order valence-electron chi connectivity index (χ1n) is 5.51. The lowest BCUT2D eigenvalue weighted by atomic mass is 10.2. The van der Waals surface area contributed by atoms with Gasteiger partial charge in [-0.05, 0) is 11.6 Å². The van der Waals surface area contributed by atoms with Crippen LogP contribution in [0.25, 0.3) is 0 Å². The van der Waals surface area contributed by atoms with E-state index >= 15 is 0 Å². The Morgan fingerprint density at radius 3 is 2.35 bits per heavy atom. The predicted octanol–water partition coefficient (Wildman–Crippen LogP) is 3.16. The first kappa shape index (κ1) is 13.9. The number of ether oxygens (including phenoxy) is 1. The van der Waals surface area contributed by atoms with Crippen molar-refractivity contribution >= 4 is 5.69 Å². The number of nitro benzene ring substituents is 1. The zero-order valence-corrected chi connectivity index (χ0v) is 10.0. The van der Waals surface area contributed by atoms with Gasteiger partial charge >= 0.3 is 5.69 Å². The monoisotopic (exact) mass is 281 g/mol. The molecule has 104 valence electrons. The van der Waals surface area contributed by atoms with E-state index in [2.05, 4.69) is 0 Å². The van der Waals surface area contributed by atoms with Gasteiger partial charge in [-0.3, -0.25) is 10.1 Å². The highest BCUT2D eigenvalue weighted by atomic mass is 19.1. The Morgan fingerprint density at radius 2 is 1.80 bits per heavy atom. The number of nitrogens with zero attached hydrogens (tertiary/aromatic N) is 1. The minimum atomic E-state index is -0.852. The van der Waals surface area contributed by atoms with Gasteiger partial charge in [0.25, 0.3) is 0 Å². The van der Waals surface area contributed by atoms with E-state index in [4.69, 9.17) is 9.84 Å². The standard InChI is InChI=1S/C13H9F2NO4/c14-9-4-10(15)6-11(5-9)20-13-2-1-8(7-17)3-12(13)16(18)19/h1-6,17H,7H2. The summed E-state index contributed by atoms with van der Waals surface area (Å²) in [4.78, 5) is 10.2. The molecule has 0 spiro atoms. The van der Waals surface area contributed by atoms with Gasteiger partial charge in [-0.1, -0.05) is 6.07 Å². The summed E-state index contributed by atoms with van der Waals surface area (Å²) in [5, 5.41) is 19.8. The van der Waals surface area contributed by atoms with Crippen LogP contribution in [0.1, 0.15) is 5.56 Å². The summed E-state index contributed by atoms with van der Waals surface area (Å²) < 4.78 is 31.2. The Bertz CT molecular complexity index is 641.